The van der Waals surface area contributed by atoms with Crippen molar-refractivity contribution in [3.8, 4) is 0 Å². The minimum Gasteiger partial charge on any atom is -0.324 e. The quantitative estimate of drug-likeness (QED) is 0.663. The smallest absolute Gasteiger partial charge is 0.262 e. The lowest BCUT2D eigenvalue weighted by Gasteiger charge is -2.25. The third kappa shape index (κ3) is 3.91. The number of carbonyl (C=O) groups excluding carboxylic acids is 3. The Balaban J connectivity index is 1.92. The molecule has 0 unspecified atom stereocenters. The van der Waals surface area contributed by atoms with E-state index in [1.165, 1.54) is 12.1 Å². The molecular weight excluding hydrogens is 399 g/mol. The molecule has 1 aliphatic rings. The summed E-state index contributed by atoms with van der Waals surface area (Å²) < 4.78 is 0. The van der Waals surface area contributed by atoms with Crippen molar-refractivity contribution in [3.63, 3.8) is 0 Å². The second-order valence-electron chi connectivity index (χ2n) is 6.81. The molecule has 0 spiro atoms. The van der Waals surface area contributed by atoms with Crippen LogP contribution in [0.1, 0.15) is 52.5 Å². The highest BCUT2D eigenvalue weighted by atomic mass is 35.5. The molecule has 2 aromatic rings. The molecule has 0 fully saturated rings. The Morgan fingerprint density at radius 3 is 2.21 bits per heavy atom. The summed E-state index contributed by atoms with van der Waals surface area (Å²) in [5.74, 6) is -1.45. The van der Waals surface area contributed by atoms with Crippen LogP contribution in [0.2, 0.25) is 10.0 Å². The van der Waals surface area contributed by atoms with Crippen LogP contribution in [0.5, 0.6) is 0 Å². The number of fused-ring (bicyclic) bond motifs is 1. The van der Waals surface area contributed by atoms with E-state index in [9.17, 15) is 14.4 Å². The van der Waals surface area contributed by atoms with Crippen LogP contribution >= 0.6 is 23.2 Å². The molecule has 0 aliphatic carbocycles. The van der Waals surface area contributed by atoms with Gasteiger partial charge in [0.15, 0.2) is 0 Å². The summed E-state index contributed by atoms with van der Waals surface area (Å²) in [5.41, 5.74) is 1.95. The summed E-state index contributed by atoms with van der Waals surface area (Å²) in [6.07, 6.45) is 1.90. The number of amides is 3. The molecule has 3 amide bonds. The van der Waals surface area contributed by atoms with Crippen molar-refractivity contribution in [2.45, 2.75) is 39.2 Å². The standard InChI is InChI=1S/C21H20Cl2N2O3/c1-3-4-8-18(19(26)24-13-7-5-6-12(2)9-13)25-20(27)14-10-16(22)17(23)11-15(14)21(25)28/h5-7,9-11,18H,3-4,8H2,1-2H3,(H,24,26)/t18-/m1/s1. The minimum atomic E-state index is -0.912. The highest BCUT2D eigenvalue weighted by Crippen LogP contribution is 2.33. The van der Waals surface area contributed by atoms with Crippen molar-refractivity contribution in [3.05, 3.63) is 63.1 Å². The molecule has 1 N–H and O–H groups in total. The van der Waals surface area contributed by atoms with Gasteiger partial charge in [0.25, 0.3) is 11.8 Å². The van der Waals surface area contributed by atoms with Gasteiger partial charge in [0.1, 0.15) is 6.04 Å². The van der Waals surface area contributed by atoms with E-state index in [0.717, 1.165) is 16.9 Å². The number of benzene rings is 2. The molecule has 5 nitrogen and oxygen atoms in total. The second-order valence-corrected chi connectivity index (χ2v) is 7.62. The third-order valence-electron chi connectivity index (χ3n) is 4.69. The molecule has 1 aliphatic heterocycles. The van der Waals surface area contributed by atoms with E-state index < -0.39 is 23.8 Å². The van der Waals surface area contributed by atoms with Crippen LogP contribution in [0, 0.1) is 6.92 Å². The fourth-order valence-corrected chi connectivity index (χ4v) is 3.59. The van der Waals surface area contributed by atoms with Gasteiger partial charge in [-0.25, -0.2) is 0 Å². The van der Waals surface area contributed by atoms with Gasteiger partial charge >= 0.3 is 0 Å². The van der Waals surface area contributed by atoms with E-state index in [1.807, 2.05) is 32.0 Å². The SMILES string of the molecule is CCCC[C@H](C(=O)Nc1cccc(C)c1)N1C(=O)c2cc(Cl)c(Cl)cc2C1=O. The van der Waals surface area contributed by atoms with Crippen molar-refractivity contribution >= 4 is 46.6 Å². The summed E-state index contributed by atoms with van der Waals surface area (Å²) in [6, 6.07) is 9.20. The number of hydrogen-bond acceptors (Lipinski definition) is 3. The van der Waals surface area contributed by atoms with Gasteiger partial charge in [-0.15, -0.1) is 0 Å². The maximum Gasteiger partial charge on any atom is 0.262 e. The van der Waals surface area contributed by atoms with E-state index in [1.54, 1.807) is 6.07 Å². The molecule has 1 heterocycles. The molecule has 28 heavy (non-hydrogen) atoms. The first-order valence-corrected chi connectivity index (χ1v) is 9.83. The number of hydrogen-bond donors (Lipinski definition) is 1. The second kappa shape index (κ2) is 8.33. The number of nitrogens with one attached hydrogen (secondary N) is 1. The van der Waals surface area contributed by atoms with E-state index >= 15 is 0 Å². The Kier molecular flexibility index (Phi) is 6.06. The van der Waals surface area contributed by atoms with Gasteiger partial charge < -0.3 is 5.32 Å². The first-order valence-electron chi connectivity index (χ1n) is 9.08. The normalized spacial score (nSPS) is 14.2. The predicted molar refractivity (Wildman–Crippen MR) is 110 cm³/mol. The number of imide groups is 1. The number of anilines is 1. The van der Waals surface area contributed by atoms with Gasteiger partial charge in [0.05, 0.1) is 21.2 Å². The summed E-state index contributed by atoms with van der Waals surface area (Å²) in [5, 5.41) is 3.21. The monoisotopic (exact) mass is 418 g/mol. The zero-order valence-electron chi connectivity index (χ0n) is 15.6. The predicted octanol–water partition coefficient (Wildman–Crippen LogP) is 5.10. The molecule has 0 bridgehead atoms. The van der Waals surface area contributed by atoms with Crippen LogP contribution in [0.3, 0.4) is 0 Å². The summed E-state index contributed by atoms with van der Waals surface area (Å²) in [6.45, 7) is 3.90. The zero-order valence-corrected chi connectivity index (χ0v) is 17.1. The fourth-order valence-electron chi connectivity index (χ4n) is 3.26. The molecule has 2 aromatic carbocycles. The molecule has 3 rings (SSSR count). The first-order chi connectivity index (χ1) is 13.3. The van der Waals surface area contributed by atoms with Crippen molar-refractivity contribution < 1.29 is 14.4 Å². The van der Waals surface area contributed by atoms with E-state index in [4.69, 9.17) is 23.2 Å². The number of aryl methyl sites for hydroxylation is 1. The van der Waals surface area contributed by atoms with E-state index in [-0.39, 0.29) is 21.2 Å². The highest BCUT2D eigenvalue weighted by Gasteiger charge is 2.43. The van der Waals surface area contributed by atoms with Gasteiger partial charge in [-0.1, -0.05) is 55.1 Å². The number of carbonyl (C=O) groups is 3. The highest BCUT2D eigenvalue weighted by molar-refractivity contribution is 6.43. The van der Waals surface area contributed by atoms with Crippen LogP contribution in [-0.4, -0.2) is 28.7 Å². The van der Waals surface area contributed by atoms with Crippen molar-refractivity contribution in [2.75, 3.05) is 5.32 Å². The van der Waals surface area contributed by atoms with Crippen molar-refractivity contribution in [1.29, 1.82) is 0 Å². The maximum atomic E-state index is 13.0. The van der Waals surface area contributed by atoms with Crippen molar-refractivity contribution in [1.82, 2.24) is 4.90 Å². The van der Waals surface area contributed by atoms with Gasteiger partial charge in [0, 0.05) is 5.69 Å². The third-order valence-corrected chi connectivity index (χ3v) is 5.41. The number of unbranched alkanes of at least 4 members (excludes halogenated alkanes) is 1. The lowest BCUT2D eigenvalue weighted by atomic mass is 10.1. The first kappa shape index (κ1) is 20.4. The van der Waals surface area contributed by atoms with Crippen LogP contribution in [0.25, 0.3) is 0 Å². The van der Waals surface area contributed by atoms with Gasteiger partial charge in [0.2, 0.25) is 5.91 Å². The number of halogens is 2. The largest absolute Gasteiger partial charge is 0.324 e. The molecule has 0 aromatic heterocycles. The Labute approximate surface area is 173 Å². The maximum absolute atomic E-state index is 13.0. The number of nitrogens with zero attached hydrogens (tertiary/aromatic N) is 1. The Bertz CT molecular complexity index is 918. The summed E-state index contributed by atoms with van der Waals surface area (Å²) in [4.78, 5) is 39.8. The van der Waals surface area contributed by atoms with E-state index in [0.29, 0.717) is 18.5 Å². The molecule has 1 atom stereocenters. The Hall–Kier alpha value is -2.37. The average Bonchev–Trinajstić information content (AvgIpc) is 2.87. The lowest BCUT2D eigenvalue weighted by molar-refractivity contribution is -0.120. The number of rotatable bonds is 6. The van der Waals surface area contributed by atoms with Crippen LogP contribution in [0.15, 0.2) is 36.4 Å². The summed E-state index contributed by atoms with van der Waals surface area (Å²) >= 11 is 12.0. The van der Waals surface area contributed by atoms with Crippen molar-refractivity contribution in [2.24, 2.45) is 0 Å². The van der Waals surface area contributed by atoms with E-state index in [2.05, 4.69) is 5.32 Å². The molecule has 0 saturated heterocycles. The van der Waals surface area contributed by atoms with Gasteiger partial charge in [-0.05, 0) is 43.2 Å². The Morgan fingerprint density at radius 2 is 1.68 bits per heavy atom. The van der Waals surface area contributed by atoms with Gasteiger partial charge in [-0.2, -0.15) is 0 Å². The fraction of sp³-hybridized carbons (Fsp3) is 0.286. The topological polar surface area (TPSA) is 66.5 Å². The summed E-state index contributed by atoms with van der Waals surface area (Å²) in [7, 11) is 0. The molecule has 0 saturated carbocycles. The Morgan fingerprint density at radius 1 is 1.07 bits per heavy atom. The van der Waals surface area contributed by atoms with Crippen LogP contribution < -0.4 is 5.32 Å². The van der Waals surface area contributed by atoms with Crippen LogP contribution in [-0.2, 0) is 4.79 Å². The lowest BCUT2D eigenvalue weighted by Crippen LogP contribution is -2.47. The zero-order chi connectivity index (χ0) is 20.4. The molecule has 7 heteroatoms. The molecule has 0 radical (unpaired) electrons. The molecular formula is C21H20Cl2N2O3. The average molecular weight is 419 g/mol. The van der Waals surface area contributed by atoms with Crippen LogP contribution in [0.4, 0.5) is 5.69 Å². The molecule has 146 valence electrons. The van der Waals surface area contributed by atoms with Gasteiger partial charge in [-0.3, -0.25) is 19.3 Å². The minimum absolute atomic E-state index is 0.171.